The van der Waals surface area contributed by atoms with E-state index in [-0.39, 0.29) is 18.6 Å². The number of nitrogens with one attached hydrogen (secondary N) is 1. The van der Waals surface area contributed by atoms with Crippen molar-refractivity contribution in [2.24, 2.45) is 0 Å². The lowest BCUT2D eigenvalue weighted by Gasteiger charge is -2.06. The summed E-state index contributed by atoms with van der Waals surface area (Å²) in [4.78, 5) is 10.6. The maximum atomic E-state index is 10.6. The quantitative estimate of drug-likeness (QED) is 0.584. The number of nitrogens with zero attached hydrogens (tertiary/aromatic N) is 1. The molecule has 11 heavy (non-hydrogen) atoms. The molecule has 0 saturated heterocycles. The highest BCUT2D eigenvalue weighted by Gasteiger charge is 2.05. The lowest BCUT2D eigenvalue weighted by atomic mass is 10.2. The lowest BCUT2D eigenvalue weighted by molar-refractivity contribution is -0.139. The monoisotopic (exact) mass is 156 g/mol. The van der Waals surface area contributed by atoms with E-state index in [1.54, 1.807) is 0 Å². The van der Waals surface area contributed by atoms with Crippen LogP contribution >= 0.6 is 0 Å². The maximum Gasteiger partial charge on any atom is 0.319 e. The van der Waals surface area contributed by atoms with Crippen LogP contribution in [-0.4, -0.2) is 25.7 Å². The van der Waals surface area contributed by atoms with Crippen LogP contribution in [0.2, 0.25) is 0 Å². The van der Waals surface area contributed by atoms with Gasteiger partial charge in [-0.1, -0.05) is 6.92 Å². The third-order valence-corrected chi connectivity index (χ3v) is 1.28. The number of nitriles is 1. The molecule has 0 rings (SSSR count). The minimum atomic E-state index is -0.348. The topological polar surface area (TPSA) is 62.1 Å². The number of esters is 1. The molecule has 0 aliphatic heterocycles. The molecule has 0 amide bonds. The first-order chi connectivity index (χ1) is 5.24. The van der Waals surface area contributed by atoms with Gasteiger partial charge in [0.15, 0.2) is 0 Å². The van der Waals surface area contributed by atoms with E-state index in [4.69, 9.17) is 5.26 Å². The van der Waals surface area contributed by atoms with Crippen LogP contribution in [0, 0.1) is 11.3 Å². The third-order valence-electron chi connectivity index (χ3n) is 1.28. The van der Waals surface area contributed by atoms with Gasteiger partial charge in [0.25, 0.3) is 0 Å². The van der Waals surface area contributed by atoms with Crippen molar-refractivity contribution in [1.29, 1.82) is 5.26 Å². The van der Waals surface area contributed by atoms with Gasteiger partial charge in [0.2, 0.25) is 0 Å². The molecule has 1 N–H and O–H groups in total. The first-order valence-corrected chi connectivity index (χ1v) is 3.44. The van der Waals surface area contributed by atoms with Crippen molar-refractivity contribution >= 4 is 5.97 Å². The summed E-state index contributed by atoms with van der Waals surface area (Å²) in [5.74, 6) is -0.348. The van der Waals surface area contributed by atoms with Crippen LogP contribution in [0.15, 0.2) is 0 Å². The van der Waals surface area contributed by atoms with E-state index in [2.05, 4.69) is 10.1 Å². The summed E-state index contributed by atoms with van der Waals surface area (Å²) in [6, 6.07) is 1.76. The van der Waals surface area contributed by atoms with Gasteiger partial charge >= 0.3 is 5.97 Å². The minimum absolute atomic E-state index is 0.0998. The first kappa shape index (κ1) is 9.92. The standard InChI is InChI=1S/C7H12N2O2/c1-3-6(4-8)9-5-7(10)11-2/h6,9H,3,5H2,1-2H3. The van der Waals surface area contributed by atoms with Crippen LogP contribution in [0.1, 0.15) is 13.3 Å². The molecule has 0 bridgehead atoms. The molecule has 0 fully saturated rings. The molecule has 0 heterocycles. The molecule has 0 radical (unpaired) electrons. The van der Waals surface area contributed by atoms with Crippen LogP contribution in [0.3, 0.4) is 0 Å². The fraction of sp³-hybridized carbons (Fsp3) is 0.714. The van der Waals surface area contributed by atoms with Gasteiger partial charge in [-0.05, 0) is 6.42 Å². The molecule has 0 spiro atoms. The second kappa shape index (κ2) is 5.69. The number of ether oxygens (including phenoxy) is 1. The Bertz CT molecular complexity index is 162. The van der Waals surface area contributed by atoms with Gasteiger partial charge in [0.1, 0.15) is 0 Å². The zero-order valence-corrected chi connectivity index (χ0v) is 6.76. The van der Waals surface area contributed by atoms with Gasteiger partial charge in [-0.25, -0.2) is 0 Å². The molecule has 0 saturated carbocycles. The molecule has 0 aliphatic carbocycles. The largest absolute Gasteiger partial charge is 0.468 e. The zero-order valence-electron chi connectivity index (χ0n) is 6.76. The molecule has 0 aromatic heterocycles. The Morgan fingerprint density at radius 3 is 2.82 bits per heavy atom. The number of rotatable bonds is 4. The summed E-state index contributed by atoms with van der Waals surface area (Å²) in [5.41, 5.74) is 0. The summed E-state index contributed by atoms with van der Waals surface area (Å²) in [5, 5.41) is 11.2. The predicted molar refractivity (Wildman–Crippen MR) is 39.7 cm³/mol. The Kier molecular flexibility index (Phi) is 5.13. The Labute approximate surface area is 66.1 Å². The Morgan fingerprint density at radius 2 is 2.45 bits per heavy atom. The van der Waals surface area contributed by atoms with Crippen molar-refractivity contribution in [1.82, 2.24) is 5.32 Å². The maximum absolute atomic E-state index is 10.6. The van der Waals surface area contributed by atoms with Gasteiger partial charge in [-0.15, -0.1) is 0 Å². The highest BCUT2D eigenvalue weighted by atomic mass is 16.5. The van der Waals surface area contributed by atoms with Crippen molar-refractivity contribution in [3.63, 3.8) is 0 Å². The number of carbonyl (C=O) groups excluding carboxylic acids is 1. The van der Waals surface area contributed by atoms with E-state index in [0.29, 0.717) is 6.42 Å². The van der Waals surface area contributed by atoms with Gasteiger partial charge < -0.3 is 4.74 Å². The van der Waals surface area contributed by atoms with Gasteiger partial charge in [-0.3, -0.25) is 10.1 Å². The minimum Gasteiger partial charge on any atom is -0.468 e. The van der Waals surface area contributed by atoms with Gasteiger partial charge in [0, 0.05) is 0 Å². The van der Waals surface area contributed by atoms with Gasteiger partial charge in [-0.2, -0.15) is 5.26 Å². The number of hydrogen-bond acceptors (Lipinski definition) is 4. The van der Waals surface area contributed by atoms with Crippen LogP contribution in [0.5, 0.6) is 0 Å². The summed E-state index contributed by atoms with van der Waals surface area (Å²) in [6.07, 6.45) is 0.688. The van der Waals surface area contributed by atoms with Crippen LogP contribution < -0.4 is 5.32 Å². The fourth-order valence-corrected chi connectivity index (χ4v) is 0.560. The van der Waals surface area contributed by atoms with E-state index in [0.717, 1.165) is 0 Å². The van der Waals surface area contributed by atoms with E-state index in [9.17, 15) is 4.79 Å². The van der Waals surface area contributed by atoms with Crippen LogP contribution in [0.25, 0.3) is 0 Å². The average molecular weight is 156 g/mol. The van der Waals surface area contributed by atoms with E-state index in [1.807, 2.05) is 13.0 Å². The Hall–Kier alpha value is -1.08. The van der Waals surface area contributed by atoms with Crippen molar-refractivity contribution in [3.05, 3.63) is 0 Å². The molecule has 4 heteroatoms. The zero-order chi connectivity index (χ0) is 8.69. The fourth-order valence-electron chi connectivity index (χ4n) is 0.560. The van der Waals surface area contributed by atoms with Crippen molar-refractivity contribution in [2.45, 2.75) is 19.4 Å². The Balaban J connectivity index is 3.52. The molecule has 62 valence electrons. The predicted octanol–water partition coefficient (Wildman–Crippen LogP) is 0.0512. The summed E-state index contributed by atoms with van der Waals surface area (Å²) in [7, 11) is 1.32. The normalized spacial score (nSPS) is 11.7. The highest BCUT2D eigenvalue weighted by molar-refractivity contribution is 5.71. The molecule has 1 unspecified atom stereocenters. The molecule has 0 aliphatic rings. The lowest BCUT2D eigenvalue weighted by Crippen LogP contribution is -2.32. The smallest absolute Gasteiger partial charge is 0.319 e. The highest BCUT2D eigenvalue weighted by Crippen LogP contribution is 1.86. The number of hydrogen-bond donors (Lipinski definition) is 1. The van der Waals surface area contributed by atoms with E-state index >= 15 is 0 Å². The van der Waals surface area contributed by atoms with Crippen molar-refractivity contribution < 1.29 is 9.53 Å². The number of carbonyl (C=O) groups is 1. The number of methoxy groups -OCH3 is 1. The summed E-state index contributed by atoms with van der Waals surface area (Å²) in [6.45, 7) is 1.97. The first-order valence-electron chi connectivity index (χ1n) is 3.44. The van der Waals surface area contributed by atoms with E-state index in [1.165, 1.54) is 7.11 Å². The van der Waals surface area contributed by atoms with Crippen molar-refractivity contribution in [2.75, 3.05) is 13.7 Å². The van der Waals surface area contributed by atoms with Crippen molar-refractivity contribution in [3.8, 4) is 6.07 Å². The molecule has 0 aromatic rings. The molecule has 4 nitrogen and oxygen atoms in total. The summed E-state index contributed by atoms with van der Waals surface area (Å²) >= 11 is 0. The third kappa shape index (κ3) is 4.34. The second-order valence-electron chi connectivity index (χ2n) is 2.05. The molecular weight excluding hydrogens is 144 g/mol. The second-order valence-corrected chi connectivity index (χ2v) is 2.05. The molecular formula is C7H12N2O2. The average Bonchev–Trinajstić information content (AvgIpc) is 2.06. The Morgan fingerprint density at radius 1 is 1.82 bits per heavy atom. The SMILES string of the molecule is CCC(C#N)NCC(=O)OC. The van der Waals surface area contributed by atoms with Crippen LogP contribution in [0.4, 0.5) is 0 Å². The molecule has 0 aromatic carbocycles. The van der Waals surface area contributed by atoms with Gasteiger partial charge in [0.05, 0.1) is 25.8 Å². The van der Waals surface area contributed by atoms with Crippen LogP contribution in [-0.2, 0) is 9.53 Å². The molecule has 1 atom stereocenters. The van der Waals surface area contributed by atoms with E-state index < -0.39 is 0 Å². The summed E-state index contributed by atoms with van der Waals surface area (Å²) < 4.78 is 4.38.